The highest BCUT2D eigenvalue weighted by Gasteiger charge is 2.30. The summed E-state index contributed by atoms with van der Waals surface area (Å²) in [7, 11) is 3.75. The SMILES string of the molecule is CCN(CCN(C)C(=O)c1ccc(N(C)c2ccncc2)cc1)C(=O)NC1c2ccccc2-c2ccccc21. The fraction of sp³-hybridized carbons (Fsp3) is 0.219. The molecule has 1 aliphatic rings. The third-order valence-electron chi connectivity index (χ3n) is 7.37. The first-order valence-corrected chi connectivity index (χ1v) is 13.2. The zero-order valence-corrected chi connectivity index (χ0v) is 22.5. The Balaban J connectivity index is 1.20. The summed E-state index contributed by atoms with van der Waals surface area (Å²) in [6.45, 7) is 3.36. The van der Waals surface area contributed by atoms with Crippen LogP contribution in [0, 0.1) is 0 Å². The molecule has 0 saturated heterocycles. The molecule has 39 heavy (non-hydrogen) atoms. The van der Waals surface area contributed by atoms with E-state index in [1.54, 1.807) is 29.2 Å². The molecule has 0 unspecified atom stereocenters. The quantitative estimate of drug-likeness (QED) is 0.323. The number of rotatable bonds is 8. The highest BCUT2D eigenvalue weighted by molar-refractivity contribution is 5.94. The van der Waals surface area contributed by atoms with E-state index in [-0.39, 0.29) is 18.0 Å². The van der Waals surface area contributed by atoms with Gasteiger partial charge in [-0.15, -0.1) is 0 Å². The predicted octanol–water partition coefficient (Wildman–Crippen LogP) is 5.72. The van der Waals surface area contributed by atoms with Gasteiger partial charge in [0, 0.05) is 63.1 Å². The summed E-state index contributed by atoms with van der Waals surface area (Å²) in [4.78, 5) is 35.9. The van der Waals surface area contributed by atoms with Crippen molar-refractivity contribution in [2.45, 2.75) is 13.0 Å². The molecule has 0 radical (unpaired) electrons. The summed E-state index contributed by atoms with van der Waals surface area (Å²) >= 11 is 0. The maximum Gasteiger partial charge on any atom is 0.318 e. The standard InChI is InChI=1S/C32H33N5O2/c1-4-37(32(39)34-30-28-11-7-5-9-26(28)27-10-6-8-12-29(27)30)22-21-35(2)31(38)23-13-15-24(16-14-23)36(3)25-17-19-33-20-18-25/h5-20,30H,4,21-22H2,1-3H3,(H,34,39). The first-order valence-electron chi connectivity index (χ1n) is 13.2. The maximum absolute atomic E-state index is 13.3. The molecule has 0 bridgehead atoms. The van der Waals surface area contributed by atoms with Gasteiger partial charge >= 0.3 is 6.03 Å². The molecule has 1 aliphatic carbocycles. The normalized spacial score (nSPS) is 11.9. The Morgan fingerprint density at radius 1 is 0.769 bits per heavy atom. The second kappa shape index (κ2) is 11.4. The van der Waals surface area contributed by atoms with Crippen LogP contribution in [-0.2, 0) is 0 Å². The van der Waals surface area contributed by atoms with Crippen molar-refractivity contribution >= 4 is 23.3 Å². The zero-order valence-electron chi connectivity index (χ0n) is 22.5. The second-order valence-corrected chi connectivity index (χ2v) is 9.67. The number of aromatic nitrogens is 1. The molecular formula is C32H33N5O2. The minimum absolute atomic E-state index is 0.0803. The first kappa shape index (κ1) is 26.0. The lowest BCUT2D eigenvalue weighted by Crippen LogP contribution is -2.45. The molecule has 1 heterocycles. The van der Waals surface area contributed by atoms with Crippen LogP contribution in [0.15, 0.2) is 97.3 Å². The van der Waals surface area contributed by atoms with Gasteiger partial charge in [-0.3, -0.25) is 9.78 Å². The number of anilines is 2. The van der Waals surface area contributed by atoms with E-state index >= 15 is 0 Å². The molecule has 4 aromatic rings. The summed E-state index contributed by atoms with van der Waals surface area (Å²) in [6, 6.07) is 27.5. The Hall–Kier alpha value is -4.65. The number of nitrogens with one attached hydrogen (secondary N) is 1. The van der Waals surface area contributed by atoms with Crippen LogP contribution in [-0.4, -0.2) is 60.5 Å². The topological polar surface area (TPSA) is 68.8 Å². The molecule has 0 fully saturated rings. The van der Waals surface area contributed by atoms with Crippen molar-refractivity contribution in [3.63, 3.8) is 0 Å². The monoisotopic (exact) mass is 519 g/mol. The Kier molecular flexibility index (Phi) is 7.59. The van der Waals surface area contributed by atoms with Gasteiger partial charge < -0.3 is 20.0 Å². The molecule has 1 N–H and O–H groups in total. The molecule has 5 rings (SSSR count). The van der Waals surface area contributed by atoms with Crippen molar-refractivity contribution in [1.82, 2.24) is 20.1 Å². The lowest BCUT2D eigenvalue weighted by Gasteiger charge is -2.27. The number of carbonyl (C=O) groups is 2. The number of likely N-dealkylation sites (N-methyl/N-ethyl adjacent to an activating group) is 2. The molecule has 0 aliphatic heterocycles. The van der Waals surface area contributed by atoms with Gasteiger partial charge in [-0.25, -0.2) is 4.79 Å². The molecule has 7 heteroatoms. The van der Waals surface area contributed by atoms with E-state index in [0.717, 1.165) is 33.6 Å². The fourth-order valence-electron chi connectivity index (χ4n) is 5.07. The van der Waals surface area contributed by atoms with Gasteiger partial charge in [0.2, 0.25) is 0 Å². The Morgan fingerprint density at radius 2 is 1.33 bits per heavy atom. The molecule has 0 spiro atoms. The van der Waals surface area contributed by atoms with Crippen molar-refractivity contribution in [2.24, 2.45) is 0 Å². The number of benzene rings is 3. The van der Waals surface area contributed by atoms with E-state index in [0.29, 0.717) is 25.2 Å². The summed E-state index contributed by atoms with van der Waals surface area (Å²) in [6.07, 6.45) is 3.51. The van der Waals surface area contributed by atoms with Crippen LogP contribution in [0.1, 0.15) is 34.5 Å². The fourth-order valence-corrected chi connectivity index (χ4v) is 5.07. The zero-order chi connectivity index (χ0) is 27.4. The highest BCUT2D eigenvalue weighted by atomic mass is 16.2. The molecule has 3 aromatic carbocycles. The van der Waals surface area contributed by atoms with Gasteiger partial charge in [0.15, 0.2) is 0 Å². The minimum atomic E-state index is -0.192. The number of urea groups is 1. The number of amides is 3. The van der Waals surface area contributed by atoms with Crippen LogP contribution in [0.5, 0.6) is 0 Å². The summed E-state index contributed by atoms with van der Waals surface area (Å²) < 4.78 is 0. The smallest absolute Gasteiger partial charge is 0.318 e. The van der Waals surface area contributed by atoms with Crippen molar-refractivity contribution in [3.8, 4) is 11.1 Å². The van der Waals surface area contributed by atoms with Crippen molar-refractivity contribution in [2.75, 3.05) is 38.6 Å². The third kappa shape index (κ3) is 5.34. The Bertz CT molecular complexity index is 1410. The van der Waals surface area contributed by atoms with Gasteiger partial charge in [0.1, 0.15) is 0 Å². The minimum Gasteiger partial charge on any atom is -0.345 e. The van der Waals surface area contributed by atoms with E-state index in [2.05, 4.69) is 34.6 Å². The average molecular weight is 520 g/mol. The van der Waals surface area contributed by atoms with Gasteiger partial charge in [0.05, 0.1) is 6.04 Å². The molecule has 198 valence electrons. The highest BCUT2D eigenvalue weighted by Crippen LogP contribution is 2.43. The third-order valence-corrected chi connectivity index (χ3v) is 7.37. The maximum atomic E-state index is 13.3. The number of carbonyl (C=O) groups excluding carboxylic acids is 2. The van der Waals surface area contributed by atoms with E-state index in [1.807, 2.05) is 79.5 Å². The van der Waals surface area contributed by atoms with Gasteiger partial charge in [-0.05, 0) is 65.6 Å². The van der Waals surface area contributed by atoms with Crippen molar-refractivity contribution in [3.05, 3.63) is 114 Å². The largest absolute Gasteiger partial charge is 0.345 e. The van der Waals surface area contributed by atoms with Gasteiger partial charge in [-0.1, -0.05) is 48.5 Å². The van der Waals surface area contributed by atoms with Crippen LogP contribution in [0.3, 0.4) is 0 Å². The Morgan fingerprint density at radius 3 is 1.92 bits per heavy atom. The number of fused-ring (bicyclic) bond motifs is 3. The number of hydrogen-bond acceptors (Lipinski definition) is 4. The van der Waals surface area contributed by atoms with Gasteiger partial charge in [0.25, 0.3) is 5.91 Å². The molecule has 7 nitrogen and oxygen atoms in total. The van der Waals surface area contributed by atoms with E-state index < -0.39 is 0 Å². The molecule has 1 aromatic heterocycles. The number of nitrogens with zero attached hydrogens (tertiary/aromatic N) is 4. The van der Waals surface area contributed by atoms with Crippen LogP contribution in [0.4, 0.5) is 16.2 Å². The van der Waals surface area contributed by atoms with Crippen molar-refractivity contribution < 1.29 is 9.59 Å². The lowest BCUT2D eigenvalue weighted by atomic mass is 10.1. The predicted molar refractivity (Wildman–Crippen MR) is 155 cm³/mol. The van der Waals surface area contributed by atoms with E-state index in [4.69, 9.17) is 0 Å². The molecule has 0 atom stereocenters. The number of pyridine rings is 1. The van der Waals surface area contributed by atoms with Crippen LogP contribution < -0.4 is 10.2 Å². The van der Waals surface area contributed by atoms with E-state index in [1.165, 1.54) is 0 Å². The first-order chi connectivity index (χ1) is 19.0. The molecular weight excluding hydrogens is 486 g/mol. The summed E-state index contributed by atoms with van der Waals surface area (Å²) in [5.41, 5.74) is 7.13. The van der Waals surface area contributed by atoms with Crippen LogP contribution in [0.25, 0.3) is 11.1 Å². The molecule has 3 amide bonds. The van der Waals surface area contributed by atoms with Crippen LogP contribution >= 0.6 is 0 Å². The average Bonchev–Trinajstić information content (AvgIpc) is 3.30. The van der Waals surface area contributed by atoms with Gasteiger partial charge in [-0.2, -0.15) is 0 Å². The van der Waals surface area contributed by atoms with E-state index in [9.17, 15) is 9.59 Å². The summed E-state index contributed by atoms with van der Waals surface area (Å²) in [5, 5.41) is 3.23. The lowest BCUT2D eigenvalue weighted by molar-refractivity contribution is 0.0782. The van der Waals surface area contributed by atoms with Crippen molar-refractivity contribution in [1.29, 1.82) is 0 Å². The Labute approximate surface area is 229 Å². The second-order valence-electron chi connectivity index (χ2n) is 9.67. The van der Waals surface area contributed by atoms with Crippen LogP contribution in [0.2, 0.25) is 0 Å². The summed E-state index contributed by atoms with van der Waals surface area (Å²) in [5.74, 6) is -0.0803. The number of hydrogen-bond donors (Lipinski definition) is 1. The molecule has 0 saturated carbocycles.